The Balaban J connectivity index is 2.86. The first kappa shape index (κ1) is 4.66. The van der Waals surface area contributed by atoms with E-state index in [9.17, 15) is 4.79 Å². The van der Waals surface area contributed by atoms with Gasteiger partial charge >= 0.3 is 0 Å². The van der Waals surface area contributed by atoms with Gasteiger partial charge in [-0.2, -0.15) is 0 Å². The Hall–Kier alpha value is -1.16. The van der Waals surface area contributed by atoms with Gasteiger partial charge in [-0.3, -0.25) is 4.79 Å². The smallest absolute Gasteiger partial charge is 0.217 e. The minimum Gasteiger partial charge on any atom is -0.338 e. The van der Waals surface area contributed by atoms with Gasteiger partial charge in [-0.1, -0.05) is 0 Å². The molecule has 0 aliphatic rings. The van der Waals surface area contributed by atoms with Gasteiger partial charge in [-0.05, 0) is 0 Å². The Bertz CT molecular complexity index is 328. The third kappa shape index (κ3) is 1.88. The van der Waals surface area contributed by atoms with Crippen molar-refractivity contribution in [3.8, 4) is 0 Å². The Kier molecular flexibility index (Phi) is 1.40. The van der Waals surface area contributed by atoms with Crippen molar-refractivity contribution in [1.82, 2.24) is 9.55 Å². The van der Waals surface area contributed by atoms with Crippen molar-refractivity contribution in [3.63, 3.8) is 0 Å². The number of aromatic nitrogens is 2. The molecule has 0 spiro atoms. The predicted molar refractivity (Wildman–Crippen MR) is 40.6 cm³/mol. The molecule has 0 bridgehead atoms. The lowest BCUT2D eigenvalue weighted by Gasteiger charge is -2.02. The molecule has 0 aromatic carbocycles. The number of carbonyl (C=O) groups excluding carboxylic acids is 1. The minimum atomic E-state index is -1.99. The van der Waals surface area contributed by atoms with E-state index in [-0.39, 0.29) is 12.1 Å². The second-order valence-electron chi connectivity index (χ2n) is 2.22. The van der Waals surface area contributed by atoms with Gasteiger partial charge in [-0.15, -0.1) is 0 Å². The van der Waals surface area contributed by atoms with Crippen molar-refractivity contribution >= 4 is 6.29 Å². The fourth-order valence-corrected chi connectivity index (χ4v) is 0.763. The Morgan fingerprint density at radius 3 is 3.45 bits per heavy atom. The summed E-state index contributed by atoms with van der Waals surface area (Å²) in [4.78, 5) is 14.3. The molecule has 0 saturated carbocycles. The number of hydrogen-bond donors (Lipinski definition) is 1. The number of aryl methyl sites for hydroxylation is 1. The van der Waals surface area contributed by atoms with E-state index in [1.165, 1.54) is 18.8 Å². The molecule has 1 heterocycles. The van der Waals surface area contributed by atoms with Gasteiger partial charge in [0.05, 0.1) is 13.7 Å². The maximum atomic E-state index is 10.5. The summed E-state index contributed by atoms with van der Waals surface area (Å²) in [6.45, 7) is 0. The molecule has 59 valence electrons. The molecule has 0 aliphatic carbocycles. The zero-order valence-electron chi connectivity index (χ0n) is 9.11. The normalized spacial score (nSPS) is 20.0. The van der Waals surface area contributed by atoms with E-state index in [2.05, 4.69) is 4.98 Å². The van der Waals surface area contributed by atoms with Crippen molar-refractivity contribution in [2.24, 2.45) is 12.8 Å². The average molecular weight is 155 g/mol. The molecule has 0 fully saturated rings. The van der Waals surface area contributed by atoms with E-state index in [0.29, 0.717) is 5.69 Å². The molecular formula is C7H10N3O. The zero-order valence-corrected chi connectivity index (χ0v) is 6.11. The fraction of sp³-hybridized carbons (Fsp3) is 0.429. The second-order valence-corrected chi connectivity index (χ2v) is 2.22. The zero-order chi connectivity index (χ0) is 10.8. The van der Waals surface area contributed by atoms with Gasteiger partial charge in [0, 0.05) is 25.4 Å². The van der Waals surface area contributed by atoms with E-state index in [0.717, 1.165) is 0 Å². The molecule has 0 saturated heterocycles. The summed E-state index contributed by atoms with van der Waals surface area (Å²) in [5.74, 6) is 0. The van der Waals surface area contributed by atoms with E-state index in [1.54, 1.807) is 11.6 Å². The topological polar surface area (TPSA) is 60.9 Å². The van der Waals surface area contributed by atoms with E-state index in [4.69, 9.17) is 4.19 Å². The molecule has 2 N–H and O–H groups in total. The Morgan fingerprint density at radius 1 is 2.18 bits per heavy atom. The quantitative estimate of drug-likeness (QED) is 0.631. The van der Waals surface area contributed by atoms with Gasteiger partial charge in [0.15, 0.2) is 0 Å². The second kappa shape index (κ2) is 3.30. The maximum absolute atomic E-state index is 10.5. The molecule has 11 heavy (non-hydrogen) atoms. The lowest BCUT2D eigenvalue weighted by Crippen LogP contribution is -2.25. The minimum absolute atomic E-state index is 0.0347. The lowest BCUT2D eigenvalue weighted by atomic mass is 10.2. The SMILES string of the molecule is [2H]N([2H])[C@]([2H])([C]=O)Cc1cncn1C. The summed E-state index contributed by atoms with van der Waals surface area (Å²) >= 11 is 0. The first-order valence-corrected chi connectivity index (χ1v) is 3.12. The van der Waals surface area contributed by atoms with Crippen LogP contribution >= 0.6 is 0 Å². The molecule has 1 atom stereocenters. The third-order valence-electron chi connectivity index (χ3n) is 1.38. The predicted octanol–water partition coefficient (Wildman–Crippen LogP) is -0.600. The van der Waals surface area contributed by atoms with Gasteiger partial charge in [0.25, 0.3) is 0 Å². The fourth-order valence-electron chi connectivity index (χ4n) is 0.763. The molecule has 1 rings (SSSR count). The summed E-state index contributed by atoms with van der Waals surface area (Å²) in [6.07, 6.45) is 4.30. The summed E-state index contributed by atoms with van der Waals surface area (Å²) in [6, 6.07) is -1.99. The van der Waals surface area contributed by atoms with Crippen molar-refractivity contribution in [2.45, 2.75) is 12.4 Å². The standard InChI is InChI=1S/C7H10N3O/c1-10-5-9-3-7(10)2-6(8)4-11/h3,5-6H,2,8H2,1H3/t6-/m0/s1/i6D/hD2. The van der Waals surface area contributed by atoms with Crippen LogP contribution in [0.4, 0.5) is 0 Å². The van der Waals surface area contributed by atoms with Crippen LogP contribution in [-0.4, -0.2) is 21.9 Å². The molecule has 1 aromatic rings. The Labute approximate surface area is 69.4 Å². The van der Waals surface area contributed by atoms with Crippen molar-refractivity contribution in [2.75, 3.05) is 0 Å². The lowest BCUT2D eigenvalue weighted by molar-refractivity contribution is 0.539. The van der Waals surface area contributed by atoms with Crippen LogP contribution in [0.15, 0.2) is 12.5 Å². The highest BCUT2D eigenvalue weighted by Crippen LogP contribution is 1.98. The number of nitrogens with two attached hydrogens (primary N) is 1. The van der Waals surface area contributed by atoms with Gasteiger partial charge in [0.1, 0.15) is 2.82 Å². The van der Waals surface area contributed by atoms with Crippen LogP contribution in [0.25, 0.3) is 0 Å². The summed E-state index contributed by atoms with van der Waals surface area (Å²) in [7, 11) is 1.71. The number of hydrogen-bond acceptors (Lipinski definition) is 3. The monoisotopic (exact) mass is 155 g/mol. The van der Waals surface area contributed by atoms with Crippen LogP contribution in [0.3, 0.4) is 0 Å². The molecular weight excluding hydrogens is 142 g/mol. The summed E-state index contributed by atoms with van der Waals surface area (Å²) < 4.78 is 23.0. The molecule has 1 aromatic heterocycles. The highest BCUT2D eigenvalue weighted by Gasteiger charge is 2.05. The molecule has 4 heteroatoms. The van der Waals surface area contributed by atoms with Crippen LogP contribution in [0.1, 0.15) is 7.06 Å². The van der Waals surface area contributed by atoms with Crippen LogP contribution in [0.5, 0.6) is 0 Å². The van der Waals surface area contributed by atoms with Crippen molar-refractivity contribution in [1.29, 1.82) is 0 Å². The van der Waals surface area contributed by atoms with Crippen LogP contribution in [0.2, 0.25) is 2.82 Å². The van der Waals surface area contributed by atoms with E-state index in [1.807, 2.05) is 0 Å². The first-order valence-electron chi connectivity index (χ1n) is 4.51. The molecule has 4 nitrogen and oxygen atoms in total. The maximum Gasteiger partial charge on any atom is 0.217 e. The number of nitrogens with zero attached hydrogens (tertiary/aromatic N) is 2. The molecule has 0 unspecified atom stereocenters. The third-order valence-corrected chi connectivity index (χ3v) is 1.38. The van der Waals surface area contributed by atoms with Crippen molar-refractivity contribution in [3.05, 3.63) is 18.2 Å². The van der Waals surface area contributed by atoms with Gasteiger partial charge in [-0.25, -0.2) is 4.98 Å². The van der Waals surface area contributed by atoms with E-state index < -0.39 is 6.02 Å². The highest BCUT2D eigenvalue weighted by atomic mass is 16.1. The van der Waals surface area contributed by atoms with E-state index >= 15 is 0 Å². The summed E-state index contributed by atoms with van der Waals surface area (Å²) in [5, 5.41) is 0. The molecule has 0 amide bonds. The summed E-state index contributed by atoms with van der Waals surface area (Å²) in [5.41, 5.74) is 0.639. The van der Waals surface area contributed by atoms with Crippen LogP contribution in [0, 0.1) is 0 Å². The van der Waals surface area contributed by atoms with Gasteiger partial charge < -0.3 is 10.3 Å². The molecule has 0 aliphatic heterocycles. The van der Waals surface area contributed by atoms with Crippen molar-refractivity contribution < 1.29 is 8.99 Å². The first-order chi connectivity index (χ1) is 6.49. The van der Waals surface area contributed by atoms with Crippen LogP contribution in [-0.2, 0) is 18.3 Å². The van der Waals surface area contributed by atoms with Crippen LogP contribution < -0.4 is 5.72 Å². The largest absolute Gasteiger partial charge is 0.338 e. The average Bonchev–Trinajstić information content (AvgIpc) is 2.51. The number of imidazole rings is 1. The molecule has 1 radical (unpaired) electrons. The number of rotatable bonds is 4. The van der Waals surface area contributed by atoms with Gasteiger partial charge in [0.2, 0.25) is 6.29 Å². The highest BCUT2D eigenvalue weighted by molar-refractivity contribution is 5.58. The Morgan fingerprint density at radius 2 is 3.00 bits per heavy atom.